The van der Waals surface area contributed by atoms with Crippen LogP contribution < -0.4 is 21.8 Å². The van der Waals surface area contributed by atoms with Crippen molar-refractivity contribution in [1.82, 2.24) is 21.1 Å². The molecule has 0 radical (unpaired) electrons. The summed E-state index contributed by atoms with van der Waals surface area (Å²) in [6.45, 7) is 0. The lowest BCUT2D eigenvalue weighted by Crippen LogP contribution is -2.57. The number of nitrogens with two attached hydrogens (primary N) is 1. The van der Waals surface area contributed by atoms with E-state index in [4.69, 9.17) is 5.73 Å². The summed E-state index contributed by atoms with van der Waals surface area (Å²) in [6.07, 6.45) is 0. The summed E-state index contributed by atoms with van der Waals surface area (Å²) in [7, 11) is 2.61. The molecule has 0 fully saturated rings. The fraction of sp³-hybridized carbons (Fsp3) is 0.400. The van der Waals surface area contributed by atoms with Crippen LogP contribution in [-0.2, 0) is 0 Å². The van der Waals surface area contributed by atoms with Crippen molar-refractivity contribution in [3.8, 4) is 0 Å². The van der Waals surface area contributed by atoms with Crippen molar-refractivity contribution in [1.29, 1.82) is 0 Å². The van der Waals surface area contributed by atoms with Crippen molar-refractivity contribution >= 4 is 18.1 Å². The summed E-state index contributed by atoms with van der Waals surface area (Å²) in [5, 5.41) is 4.70. The molecule has 0 rings (SSSR count). The molecule has 0 aliphatic heterocycles. The maximum absolute atomic E-state index is 10.9. The number of nitrogens with one attached hydrogen (secondary N) is 3. The zero-order valence-corrected chi connectivity index (χ0v) is 7.25. The molecule has 0 bridgehead atoms. The molecule has 8 nitrogen and oxygen atoms in total. The first-order valence-corrected chi connectivity index (χ1v) is 3.32. The smallest absolute Gasteiger partial charge is 0.344 e. The van der Waals surface area contributed by atoms with Gasteiger partial charge in [0.15, 0.2) is 0 Å². The summed E-state index contributed by atoms with van der Waals surface area (Å²) in [4.78, 5) is 32.2. The number of carbonyl (C=O) groups excluding carboxylic acids is 3. The second-order valence-electron chi connectivity index (χ2n) is 1.92. The standard InChI is InChI=1S/C5H11N5O3/c1-7-4(12)10(5(13)8-2)9-3(6)11/h1-2H3,(H,7,12)(H,8,13)(H3,6,9,11). The van der Waals surface area contributed by atoms with Crippen LogP contribution in [0.5, 0.6) is 0 Å². The number of urea groups is 3. The van der Waals surface area contributed by atoms with E-state index in [0.29, 0.717) is 5.01 Å². The number of imide groups is 1. The molecule has 6 amide bonds. The highest BCUT2D eigenvalue weighted by Gasteiger charge is 2.20. The Morgan fingerprint density at radius 1 is 1.08 bits per heavy atom. The van der Waals surface area contributed by atoms with Crippen molar-refractivity contribution in [3.05, 3.63) is 0 Å². The molecule has 0 aromatic heterocycles. The predicted molar refractivity (Wildman–Crippen MR) is 43.5 cm³/mol. The van der Waals surface area contributed by atoms with E-state index in [0.717, 1.165) is 0 Å². The summed E-state index contributed by atoms with van der Waals surface area (Å²) in [5.41, 5.74) is 6.56. The van der Waals surface area contributed by atoms with Crippen LogP contribution in [0.1, 0.15) is 0 Å². The normalized spacial score (nSPS) is 8.46. The lowest BCUT2D eigenvalue weighted by Gasteiger charge is -2.18. The zero-order valence-electron chi connectivity index (χ0n) is 7.25. The number of amides is 6. The fourth-order valence-electron chi connectivity index (χ4n) is 0.528. The molecule has 0 spiro atoms. The van der Waals surface area contributed by atoms with E-state index in [1.165, 1.54) is 14.1 Å². The highest BCUT2D eigenvalue weighted by molar-refractivity contribution is 5.95. The average Bonchev–Trinajstić information content (AvgIpc) is 2.11. The van der Waals surface area contributed by atoms with Gasteiger partial charge < -0.3 is 16.4 Å². The fourth-order valence-corrected chi connectivity index (χ4v) is 0.528. The van der Waals surface area contributed by atoms with E-state index >= 15 is 0 Å². The van der Waals surface area contributed by atoms with E-state index in [1.54, 1.807) is 0 Å². The van der Waals surface area contributed by atoms with Crippen molar-refractivity contribution in [2.24, 2.45) is 5.73 Å². The first kappa shape index (κ1) is 11.0. The van der Waals surface area contributed by atoms with Gasteiger partial charge in [0.2, 0.25) is 0 Å². The van der Waals surface area contributed by atoms with E-state index in [1.807, 2.05) is 5.43 Å². The van der Waals surface area contributed by atoms with Gasteiger partial charge in [-0.25, -0.2) is 19.8 Å². The van der Waals surface area contributed by atoms with Gasteiger partial charge >= 0.3 is 18.1 Å². The molecule has 0 aliphatic carbocycles. The molecule has 0 heterocycles. The van der Waals surface area contributed by atoms with E-state index in [-0.39, 0.29) is 0 Å². The molecule has 8 heteroatoms. The van der Waals surface area contributed by atoms with E-state index in [9.17, 15) is 14.4 Å². The van der Waals surface area contributed by atoms with Crippen LogP contribution in [0, 0.1) is 0 Å². The number of rotatable bonds is 0. The summed E-state index contributed by atoms with van der Waals surface area (Å²) < 4.78 is 0. The molecule has 5 N–H and O–H groups in total. The Kier molecular flexibility index (Phi) is 4.07. The van der Waals surface area contributed by atoms with Gasteiger partial charge in [0.25, 0.3) is 0 Å². The lowest BCUT2D eigenvalue weighted by atomic mass is 10.8. The van der Waals surface area contributed by atoms with Crippen molar-refractivity contribution in [3.63, 3.8) is 0 Å². The molecule has 0 atom stereocenters. The van der Waals surface area contributed by atoms with Crippen LogP contribution in [0.25, 0.3) is 0 Å². The Morgan fingerprint density at radius 2 is 1.46 bits per heavy atom. The van der Waals surface area contributed by atoms with E-state index < -0.39 is 18.1 Å². The predicted octanol–water partition coefficient (Wildman–Crippen LogP) is -1.45. The second-order valence-corrected chi connectivity index (χ2v) is 1.92. The van der Waals surface area contributed by atoms with Crippen molar-refractivity contribution in [2.75, 3.05) is 14.1 Å². The molecule has 13 heavy (non-hydrogen) atoms. The number of hydrogen-bond acceptors (Lipinski definition) is 3. The van der Waals surface area contributed by atoms with Gasteiger partial charge in [0.1, 0.15) is 0 Å². The molecular weight excluding hydrogens is 178 g/mol. The van der Waals surface area contributed by atoms with Crippen molar-refractivity contribution < 1.29 is 14.4 Å². The van der Waals surface area contributed by atoms with Gasteiger partial charge in [-0.1, -0.05) is 0 Å². The van der Waals surface area contributed by atoms with Crippen LogP contribution in [0.15, 0.2) is 0 Å². The number of hydrazine groups is 1. The average molecular weight is 189 g/mol. The quantitative estimate of drug-likeness (QED) is 0.349. The van der Waals surface area contributed by atoms with Crippen LogP contribution in [-0.4, -0.2) is 37.2 Å². The highest BCUT2D eigenvalue weighted by Crippen LogP contribution is 1.84. The van der Waals surface area contributed by atoms with Crippen LogP contribution in [0.3, 0.4) is 0 Å². The largest absolute Gasteiger partial charge is 0.350 e. The Bertz CT molecular complexity index is 212. The number of primary amides is 1. The Labute approximate surface area is 74.4 Å². The van der Waals surface area contributed by atoms with Crippen LogP contribution in [0.2, 0.25) is 0 Å². The minimum Gasteiger partial charge on any atom is -0.350 e. The Hall–Kier alpha value is -1.99. The summed E-state index contributed by atoms with van der Waals surface area (Å²) in [6, 6.07) is -2.59. The molecule has 0 saturated heterocycles. The number of carbonyl (C=O) groups is 3. The van der Waals surface area contributed by atoms with Gasteiger partial charge in [-0.05, 0) is 0 Å². The minimum atomic E-state index is -1.01. The molecule has 74 valence electrons. The zero-order chi connectivity index (χ0) is 10.4. The maximum Gasteiger partial charge on any atom is 0.344 e. The number of nitrogens with zero attached hydrogens (tertiary/aromatic N) is 1. The molecule has 0 aromatic carbocycles. The third-order valence-corrected chi connectivity index (χ3v) is 1.06. The Balaban J connectivity index is 4.45. The topological polar surface area (TPSA) is 117 Å². The molecule has 0 unspecified atom stereocenters. The minimum absolute atomic E-state index is 0.419. The van der Waals surface area contributed by atoms with Gasteiger partial charge in [0.05, 0.1) is 0 Å². The summed E-state index contributed by atoms with van der Waals surface area (Å²) >= 11 is 0. The maximum atomic E-state index is 10.9. The lowest BCUT2D eigenvalue weighted by molar-refractivity contribution is 0.168. The van der Waals surface area contributed by atoms with Crippen LogP contribution >= 0.6 is 0 Å². The third-order valence-electron chi connectivity index (χ3n) is 1.06. The van der Waals surface area contributed by atoms with Crippen LogP contribution in [0.4, 0.5) is 14.4 Å². The highest BCUT2D eigenvalue weighted by atomic mass is 16.2. The second kappa shape index (κ2) is 4.80. The molecule has 0 aromatic rings. The molecular formula is C5H11N5O3. The first-order chi connectivity index (χ1) is 6.02. The Morgan fingerprint density at radius 3 is 1.69 bits per heavy atom. The van der Waals surface area contributed by atoms with Gasteiger partial charge in [-0.2, -0.15) is 0 Å². The molecule has 0 aliphatic rings. The van der Waals surface area contributed by atoms with Crippen molar-refractivity contribution in [2.45, 2.75) is 0 Å². The van der Waals surface area contributed by atoms with Gasteiger partial charge in [0, 0.05) is 14.1 Å². The summed E-state index contributed by atoms with van der Waals surface area (Å²) in [5.74, 6) is 0. The monoisotopic (exact) mass is 189 g/mol. The molecule has 0 saturated carbocycles. The van der Waals surface area contributed by atoms with Gasteiger partial charge in [-0.15, -0.1) is 5.01 Å². The first-order valence-electron chi connectivity index (χ1n) is 3.32. The van der Waals surface area contributed by atoms with Gasteiger partial charge in [-0.3, -0.25) is 0 Å². The third kappa shape index (κ3) is 3.27. The number of hydrogen-bond donors (Lipinski definition) is 4. The van der Waals surface area contributed by atoms with E-state index in [2.05, 4.69) is 10.6 Å². The SMILES string of the molecule is CNC(=O)N(NC(N)=O)C(=O)NC.